The number of benzene rings is 2. The monoisotopic (exact) mass is 537 g/mol. The van der Waals surface area contributed by atoms with Gasteiger partial charge in [-0.2, -0.15) is 0 Å². The van der Waals surface area contributed by atoms with E-state index in [2.05, 4.69) is 15.3 Å². The summed E-state index contributed by atoms with van der Waals surface area (Å²) in [6.45, 7) is 0.699. The third-order valence-electron chi connectivity index (χ3n) is 7.07. The molecule has 0 aliphatic carbocycles. The molecule has 0 fully saturated rings. The maximum absolute atomic E-state index is 13.8. The van der Waals surface area contributed by atoms with Crippen LogP contribution in [0, 0.1) is 0 Å². The molecule has 0 bridgehead atoms. The third-order valence-corrected chi connectivity index (χ3v) is 7.30. The Labute approximate surface area is 230 Å². The lowest BCUT2D eigenvalue weighted by Gasteiger charge is -2.30. The van der Waals surface area contributed by atoms with Crippen molar-refractivity contribution >= 4 is 40.8 Å². The Morgan fingerprint density at radius 1 is 0.872 bits per heavy atom. The Bertz CT molecular complexity index is 1580. The molecular formula is C30H24ClN5O3. The average Bonchev–Trinajstić information content (AvgIpc) is 3.04. The van der Waals surface area contributed by atoms with Crippen LogP contribution in [0.15, 0.2) is 85.2 Å². The molecule has 3 amide bonds. The highest BCUT2D eigenvalue weighted by atomic mass is 35.5. The minimum absolute atomic E-state index is 0.106. The standard InChI is InChI=1S/C30H24ClN5O3/c31-21-8-10-24-25(16-21)34-28(37)26(17-22-5-1-3-12-32-22)36(30(24)39)18-19-7-9-23-20(15-19)11-14-35(29(23)38)27-6-2-4-13-33-27/h1-10,12-13,15-16,26H,11,14,17-18H2,(H,34,37)/t26-/m1/s1. The second kappa shape index (κ2) is 10.3. The maximum Gasteiger partial charge on any atom is 0.259 e. The van der Waals surface area contributed by atoms with Crippen molar-refractivity contribution in [3.63, 3.8) is 0 Å². The van der Waals surface area contributed by atoms with Crippen molar-refractivity contribution in [2.45, 2.75) is 25.4 Å². The van der Waals surface area contributed by atoms with E-state index in [9.17, 15) is 14.4 Å². The Morgan fingerprint density at radius 3 is 2.44 bits per heavy atom. The fraction of sp³-hybridized carbons (Fsp3) is 0.167. The van der Waals surface area contributed by atoms with Crippen LogP contribution in [0.1, 0.15) is 37.5 Å². The Hall–Kier alpha value is -4.56. The first-order valence-electron chi connectivity index (χ1n) is 12.6. The first kappa shape index (κ1) is 24.8. The molecule has 2 aromatic heterocycles. The van der Waals surface area contributed by atoms with Crippen LogP contribution in [0.5, 0.6) is 0 Å². The van der Waals surface area contributed by atoms with Gasteiger partial charge in [0.15, 0.2) is 0 Å². The fourth-order valence-corrected chi connectivity index (χ4v) is 5.30. The summed E-state index contributed by atoms with van der Waals surface area (Å²) in [6.07, 6.45) is 4.24. The number of carbonyl (C=O) groups is 3. The normalized spacial score (nSPS) is 16.8. The first-order valence-corrected chi connectivity index (χ1v) is 13.0. The number of halogens is 1. The minimum atomic E-state index is -0.795. The summed E-state index contributed by atoms with van der Waals surface area (Å²) >= 11 is 6.17. The topological polar surface area (TPSA) is 95.5 Å². The van der Waals surface area contributed by atoms with Crippen LogP contribution < -0.4 is 10.2 Å². The third kappa shape index (κ3) is 4.86. The van der Waals surface area contributed by atoms with E-state index in [-0.39, 0.29) is 30.7 Å². The fourth-order valence-electron chi connectivity index (χ4n) is 5.13. The molecule has 2 aliphatic heterocycles. The average molecular weight is 538 g/mol. The maximum atomic E-state index is 13.8. The summed E-state index contributed by atoms with van der Waals surface area (Å²) in [5, 5.41) is 3.31. The van der Waals surface area contributed by atoms with Gasteiger partial charge in [-0.3, -0.25) is 24.3 Å². The number of carbonyl (C=O) groups excluding carboxylic acids is 3. The molecule has 0 unspecified atom stereocenters. The predicted molar refractivity (Wildman–Crippen MR) is 148 cm³/mol. The van der Waals surface area contributed by atoms with Crippen molar-refractivity contribution in [1.29, 1.82) is 0 Å². The van der Waals surface area contributed by atoms with E-state index in [4.69, 9.17) is 11.6 Å². The van der Waals surface area contributed by atoms with Crippen LogP contribution in [-0.2, 0) is 24.2 Å². The summed E-state index contributed by atoms with van der Waals surface area (Å²) in [5.74, 6) is -0.0784. The van der Waals surface area contributed by atoms with Gasteiger partial charge in [0, 0.05) is 48.2 Å². The van der Waals surface area contributed by atoms with Crippen molar-refractivity contribution in [3.05, 3.63) is 118 Å². The number of anilines is 2. The lowest BCUT2D eigenvalue weighted by Crippen LogP contribution is -2.46. The molecule has 1 atom stereocenters. The number of rotatable bonds is 5. The summed E-state index contributed by atoms with van der Waals surface area (Å²) in [6, 6.07) is 20.7. The van der Waals surface area contributed by atoms with E-state index in [0.717, 1.165) is 11.1 Å². The van der Waals surface area contributed by atoms with Crippen LogP contribution >= 0.6 is 11.6 Å². The summed E-state index contributed by atoms with van der Waals surface area (Å²) in [4.78, 5) is 52.5. The lowest BCUT2D eigenvalue weighted by atomic mass is 9.96. The highest BCUT2D eigenvalue weighted by molar-refractivity contribution is 6.31. The lowest BCUT2D eigenvalue weighted by molar-refractivity contribution is -0.120. The highest BCUT2D eigenvalue weighted by Crippen LogP contribution is 2.30. The van der Waals surface area contributed by atoms with Crippen molar-refractivity contribution in [2.75, 3.05) is 16.8 Å². The largest absolute Gasteiger partial charge is 0.323 e. The minimum Gasteiger partial charge on any atom is -0.323 e. The van der Waals surface area contributed by atoms with Crippen LogP contribution in [-0.4, -0.2) is 45.2 Å². The Balaban J connectivity index is 1.33. The van der Waals surface area contributed by atoms with Crippen molar-refractivity contribution < 1.29 is 14.4 Å². The van der Waals surface area contributed by atoms with Gasteiger partial charge in [0.2, 0.25) is 5.91 Å². The smallest absolute Gasteiger partial charge is 0.259 e. The molecule has 4 heterocycles. The van der Waals surface area contributed by atoms with Gasteiger partial charge in [-0.15, -0.1) is 0 Å². The molecule has 2 aliphatic rings. The molecule has 0 saturated heterocycles. The number of amides is 3. The molecule has 0 spiro atoms. The Kier molecular flexibility index (Phi) is 6.54. The molecule has 6 rings (SSSR count). The van der Waals surface area contributed by atoms with E-state index < -0.39 is 6.04 Å². The number of fused-ring (bicyclic) bond motifs is 2. The zero-order valence-corrected chi connectivity index (χ0v) is 21.6. The van der Waals surface area contributed by atoms with E-state index in [1.807, 2.05) is 42.5 Å². The quantitative estimate of drug-likeness (QED) is 0.403. The number of nitrogens with zero attached hydrogens (tertiary/aromatic N) is 4. The van der Waals surface area contributed by atoms with Gasteiger partial charge < -0.3 is 10.2 Å². The van der Waals surface area contributed by atoms with E-state index in [1.54, 1.807) is 52.5 Å². The van der Waals surface area contributed by atoms with Crippen LogP contribution in [0.25, 0.3) is 0 Å². The molecule has 194 valence electrons. The summed E-state index contributed by atoms with van der Waals surface area (Å²) in [7, 11) is 0. The summed E-state index contributed by atoms with van der Waals surface area (Å²) < 4.78 is 0. The molecule has 1 N–H and O–H groups in total. The second-order valence-corrected chi connectivity index (χ2v) is 9.98. The Morgan fingerprint density at radius 2 is 1.67 bits per heavy atom. The van der Waals surface area contributed by atoms with Crippen molar-refractivity contribution in [1.82, 2.24) is 14.9 Å². The van der Waals surface area contributed by atoms with Gasteiger partial charge in [-0.25, -0.2) is 4.98 Å². The van der Waals surface area contributed by atoms with Gasteiger partial charge in [-0.05, 0) is 66.1 Å². The van der Waals surface area contributed by atoms with Gasteiger partial charge in [0.05, 0.1) is 11.3 Å². The van der Waals surface area contributed by atoms with Gasteiger partial charge >= 0.3 is 0 Å². The zero-order chi connectivity index (χ0) is 26.9. The molecule has 39 heavy (non-hydrogen) atoms. The van der Waals surface area contributed by atoms with E-state index >= 15 is 0 Å². The van der Waals surface area contributed by atoms with Crippen molar-refractivity contribution in [2.24, 2.45) is 0 Å². The molecule has 2 aromatic carbocycles. The van der Waals surface area contributed by atoms with Crippen LogP contribution in [0.4, 0.5) is 11.5 Å². The number of hydrogen-bond donors (Lipinski definition) is 1. The molecular weight excluding hydrogens is 514 g/mol. The molecule has 4 aromatic rings. The second-order valence-electron chi connectivity index (χ2n) is 9.54. The number of aromatic nitrogens is 2. The van der Waals surface area contributed by atoms with Gasteiger partial charge in [0.25, 0.3) is 11.8 Å². The SMILES string of the molecule is O=C1Nc2cc(Cl)ccc2C(=O)N(Cc2ccc3c(c2)CCN(c2ccccn2)C3=O)[C@@H]1Cc1ccccn1. The van der Waals surface area contributed by atoms with Crippen LogP contribution in [0.2, 0.25) is 5.02 Å². The molecule has 9 heteroatoms. The van der Waals surface area contributed by atoms with E-state index in [0.29, 0.717) is 46.3 Å². The van der Waals surface area contributed by atoms with Gasteiger partial charge in [0.1, 0.15) is 11.9 Å². The van der Waals surface area contributed by atoms with Crippen LogP contribution in [0.3, 0.4) is 0 Å². The number of pyridine rings is 2. The predicted octanol–water partition coefficient (Wildman–Crippen LogP) is 4.54. The number of nitrogens with one attached hydrogen (secondary N) is 1. The molecule has 0 radical (unpaired) electrons. The van der Waals surface area contributed by atoms with E-state index in [1.165, 1.54) is 0 Å². The molecule has 0 saturated carbocycles. The number of hydrogen-bond acceptors (Lipinski definition) is 5. The van der Waals surface area contributed by atoms with Crippen molar-refractivity contribution in [3.8, 4) is 0 Å². The summed E-state index contributed by atoms with van der Waals surface area (Å²) in [5.41, 5.74) is 3.81. The highest BCUT2D eigenvalue weighted by Gasteiger charge is 2.36. The zero-order valence-electron chi connectivity index (χ0n) is 20.9. The van der Waals surface area contributed by atoms with Gasteiger partial charge in [-0.1, -0.05) is 35.9 Å². The molecule has 8 nitrogen and oxygen atoms in total. The first-order chi connectivity index (χ1) is 19.0.